The number of hydrogen-bond donors (Lipinski definition) is 0. The normalized spacial score (nSPS) is 15.0. The Hall–Kier alpha value is -13.8. The summed E-state index contributed by atoms with van der Waals surface area (Å²) in [4.78, 5) is 5.55. The molecule has 0 unspecified atom stereocenters. The van der Waals surface area contributed by atoms with Gasteiger partial charge in [0.25, 0.3) is 6.71 Å². The van der Waals surface area contributed by atoms with Gasteiger partial charge in [-0.15, -0.1) is 0 Å². The molecule has 8 aliphatic rings. The van der Waals surface area contributed by atoms with Crippen LogP contribution < -0.4 is 26.2 Å². The molecule has 0 amide bonds. The van der Waals surface area contributed by atoms with Gasteiger partial charge in [0.15, 0.2) is 0 Å². The van der Waals surface area contributed by atoms with E-state index in [9.17, 15) is 0 Å². The maximum absolute atomic E-state index is 2.79. The summed E-state index contributed by atoms with van der Waals surface area (Å²) < 4.78 is 2.58. The summed E-state index contributed by atoms with van der Waals surface area (Å²) in [7, 11) is 0. The van der Waals surface area contributed by atoms with Gasteiger partial charge in [-0.3, -0.25) is 0 Å². The molecular formula is C105H62BN3. The van der Waals surface area contributed by atoms with Gasteiger partial charge in [0.05, 0.1) is 38.7 Å². The summed E-state index contributed by atoms with van der Waals surface area (Å²) in [6.07, 6.45) is 0. The number of anilines is 6. The van der Waals surface area contributed by atoms with Crippen molar-refractivity contribution in [2.75, 3.05) is 9.80 Å². The highest BCUT2D eigenvalue weighted by atomic mass is 15.2. The summed E-state index contributed by atoms with van der Waals surface area (Å²) in [5.74, 6) is 0. The van der Waals surface area contributed by atoms with E-state index in [-0.39, 0.29) is 6.71 Å². The molecule has 0 saturated carbocycles. The minimum atomic E-state index is -0.709. The van der Waals surface area contributed by atoms with Crippen molar-refractivity contribution in [1.29, 1.82) is 0 Å². The molecule has 500 valence electrons. The first-order valence-corrected chi connectivity index (χ1v) is 38.4. The Labute approximate surface area is 631 Å². The van der Waals surface area contributed by atoms with E-state index >= 15 is 0 Å². The number of para-hydroxylation sites is 2. The first-order chi connectivity index (χ1) is 54.1. The van der Waals surface area contributed by atoms with Crippen LogP contribution in [0.1, 0.15) is 66.8 Å². The van der Waals surface area contributed by atoms with E-state index in [1.54, 1.807) is 0 Å². The molecular weight excluding hydrogens is 1310 g/mol. The van der Waals surface area contributed by atoms with Gasteiger partial charge in [0.1, 0.15) is 0 Å². The second kappa shape index (κ2) is 20.8. The Morgan fingerprint density at radius 1 is 0.220 bits per heavy atom. The quantitative estimate of drug-likeness (QED) is 0.163. The van der Waals surface area contributed by atoms with E-state index in [4.69, 9.17) is 0 Å². The zero-order valence-electron chi connectivity index (χ0n) is 59.2. The van der Waals surface area contributed by atoms with Crippen LogP contribution in [0, 0.1) is 0 Å². The van der Waals surface area contributed by atoms with Crippen LogP contribution in [-0.4, -0.2) is 11.3 Å². The molecule has 3 nitrogen and oxygen atoms in total. The molecule has 0 saturated heterocycles. The van der Waals surface area contributed by atoms with Crippen LogP contribution in [0.2, 0.25) is 0 Å². The highest BCUT2D eigenvalue weighted by molar-refractivity contribution is 7.00. The summed E-state index contributed by atoms with van der Waals surface area (Å²) in [6, 6.07) is 146. The molecule has 6 aliphatic carbocycles. The summed E-state index contributed by atoms with van der Waals surface area (Å²) in [5, 5.41) is 2.44. The Bertz CT molecular complexity index is 6950. The first kappa shape index (κ1) is 58.5. The van der Waals surface area contributed by atoms with Gasteiger partial charge < -0.3 is 14.4 Å². The third kappa shape index (κ3) is 6.92. The van der Waals surface area contributed by atoms with Crippen molar-refractivity contribution in [3.8, 4) is 83.6 Å². The van der Waals surface area contributed by atoms with Crippen molar-refractivity contribution in [2.24, 2.45) is 0 Å². The molecule has 0 radical (unpaired) electrons. The van der Waals surface area contributed by atoms with E-state index in [0.29, 0.717) is 0 Å². The molecule has 1 aromatic heterocycles. The predicted molar refractivity (Wildman–Crippen MR) is 449 cm³/mol. The number of fused-ring (bicyclic) bond motifs is 38. The van der Waals surface area contributed by atoms with Gasteiger partial charge in [-0.25, -0.2) is 0 Å². The first-order valence-electron chi connectivity index (χ1n) is 38.4. The number of benzene rings is 17. The van der Waals surface area contributed by atoms with Gasteiger partial charge in [-0.2, -0.15) is 0 Å². The molecule has 17 aromatic carbocycles. The van der Waals surface area contributed by atoms with E-state index in [1.165, 1.54) is 183 Å². The molecule has 3 spiro atoms. The van der Waals surface area contributed by atoms with Crippen molar-refractivity contribution in [3.05, 3.63) is 443 Å². The van der Waals surface area contributed by atoms with Crippen molar-refractivity contribution in [1.82, 2.24) is 4.57 Å². The number of rotatable bonds is 4. The van der Waals surface area contributed by atoms with Crippen LogP contribution in [0.3, 0.4) is 0 Å². The minimum Gasteiger partial charge on any atom is -0.311 e. The molecule has 26 rings (SSSR count). The Kier molecular flexibility index (Phi) is 11.2. The fourth-order valence-corrected chi connectivity index (χ4v) is 22.8. The Morgan fingerprint density at radius 2 is 0.615 bits per heavy atom. The second-order valence-corrected chi connectivity index (χ2v) is 31.0. The maximum Gasteiger partial charge on any atom is 0.252 e. The van der Waals surface area contributed by atoms with Crippen molar-refractivity contribution < 1.29 is 0 Å². The van der Waals surface area contributed by atoms with Crippen molar-refractivity contribution in [3.63, 3.8) is 0 Å². The van der Waals surface area contributed by atoms with E-state index in [1.807, 2.05) is 0 Å². The zero-order chi connectivity index (χ0) is 70.7. The smallest absolute Gasteiger partial charge is 0.252 e. The van der Waals surface area contributed by atoms with Gasteiger partial charge >= 0.3 is 0 Å². The average molecular weight is 1380 g/mol. The largest absolute Gasteiger partial charge is 0.311 e. The predicted octanol–water partition coefficient (Wildman–Crippen LogP) is 23.6. The molecule has 0 bridgehead atoms. The zero-order valence-corrected chi connectivity index (χ0v) is 59.2. The van der Waals surface area contributed by atoms with Crippen LogP contribution >= 0.6 is 0 Å². The number of aromatic nitrogens is 1. The standard InChI is InChI=1S/C105H62BN3/c1-2-27-63(28-3-1)64-53-55-65(56-54-64)108-97-59-66(107-93-50-24-13-37-75(93)76-38-14-25-51-94(76)107)60-98-101(97)106(91-58-57-77-73-35-10-22-47-87(73)105(100(77)102(91)108)85-45-20-8-33-71(85)72-34-9-21-46-86(72)105)92-61-79-74-36-11-19-44-84(74)104(82-42-17-6-31-69(82)70-32-7-18-43-83(70)104)90(79)62-96(92)109(98)95-52-26-49-89-99(95)78-39-12-23-48-88(78)103(89)80-40-15-4-29-67(80)68-30-5-16-41-81(68)103/h1-62H. The second-order valence-electron chi connectivity index (χ2n) is 31.0. The van der Waals surface area contributed by atoms with Gasteiger partial charge in [-0.1, -0.05) is 328 Å². The fourth-order valence-electron chi connectivity index (χ4n) is 22.8. The van der Waals surface area contributed by atoms with Crippen LogP contribution in [-0.2, 0) is 16.2 Å². The Morgan fingerprint density at radius 3 is 1.13 bits per heavy atom. The van der Waals surface area contributed by atoms with Crippen molar-refractivity contribution in [2.45, 2.75) is 16.2 Å². The number of hydrogen-bond acceptors (Lipinski definition) is 2. The Balaban J connectivity index is 0.861. The molecule has 18 aromatic rings. The molecule has 3 heterocycles. The lowest BCUT2D eigenvalue weighted by Gasteiger charge is -2.47. The van der Waals surface area contributed by atoms with E-state index in [2.05, 4.69) is 390 Å². The monoisotopic (exact) mass is 1380 g/mol. The lowest BCUT2D eigenvalue weighted by molar-refractivity contribution is 0.793. The minimum absolute atomic E-state index is 0.294. The molecule has 2 aliphatic heterocycles. The van der Waals surface area contributed by atoms with Gasteiger partial charge in [0.2, 0.25) is 0 Å². The average Bonchev–Trinajstić information content (AvgIpc) is 1.54. The summed E-state index contributed by atoms with van der Waals surface area (Å²) in [6.45, 7) is -0.294. The molecule has 0 N–H and O–H groups in total. The maximum atomic E-state index is 2.79. The fraction of sp³-hybridized carbons (Fsp3) is 0.0286. The van der Waals surface area contributed by atoms with Crippen LogP contribution in [0.15, 0.2) is 376 Å². The summed E-state index contributed by atoms with van der Waals surface area (Å²) in [5.41, 5.74) is 45.7. The third-order valence-electron chi connectivity index (χ3n) is 26.6. The van der Waals surface area contributed by atoms with Crippen LogP contribution in [0.4, 0.5) is 34.1 Å². The number of nitrogens with zero attached hydrogens (tertiary/aromatic N) is 3. The summed E-state index contributed by atoms with van der Waals surface area (Å²) >= 11 is 0. The van der Waals surface area contributed by atoms with Crippen LogP contribution in [0.25, 0.3) is 105 Å². The lowest BCUT2D eigenvalue weighted by atomic mass is 9.33. The third-order valence-corrected chi connectivity index (χ3v) is 26.6. The lowest BCUT2D eigenvalue weighted by Crippen LogP contribution is -2.62. The van der Waals surface area contributed by atoms with Gasteiger partial charge in [-0.05, 0) is 198 Å². The topological polar surface area (TPSA) is 11.4 Å². The molecule has 0 fully saturated rings. The van der Waals surface area contributed by atoms with E-state index in [0.717, 1.165) is 39.5 Å². The van der Waals surface area contributed by atoms with E-state index < -0.39 is 16.2 Å². The van der Waals surface area contributed by atoms with Crippen LogP contribution in [0.5, 0.6) is 0 Å². The highest BCUT2D eigenvalue weighted by Gasteiger charge is 2.59. The SMILES string of the molecule is c1ccc(-c2ccc(N3c4cc(-n5c6ccccc6c6ccccc65)cc5c4B(c4cc6c(cc4N5c4cccc5c4-c4ccccc4C54c5ccccc5-c5ccccc54)C4(c5ccccc5-c5ccccc54)c4ccccc4-6)c4ccc5c(c43)C3(c4ccccc4-c4ccccc43)c3ccccc3-5)cc2)cc1. The molecule has 4 heteroatoms. The molecule has 109 heavy (non-hydrogen) atoms. The molecule has 0 atom stereocenters. The highest BCUT2D eigenvalue weighted by Crippen LogP contribution is 2.70. The van der Waals surface area contributed by atoms with Crippen molar-refractivity contribution >= 4 is 79.0 Å². The van der Waals surface area contributed by atoms with Gasteiger partial charge in [0, 0.05) is 50.3 Å².